The second-order valence-electron chi connectivity index (χ2n) is 11.2. The van der Waals surface area contributed by atoms with Crippen LogP contribution < -0.4 is 15.9 Å². The van der Waals surface area contributed by atoms with Gasteiger partial charge in [0.05, 0.1) is 18.6 Å². The van der Waals surface area contributed by atoms with E-state index < -0.39 is 82.0 Å². The van der Waals surface area contributed by atoms with Crippen molar-refractivity contribution in [3.63, 3.8) is 0 Å². The van der Waals surface area contributed by atoms with Gasteiger partial charge in [0.25, 0.3) is 11.8 Å². The number of pyridine rings is 1. The lowest BCUT2D eigenvalue weighted by Gasteiger charge is -2.43. The quantitative estimate of drug-likeness (QED) is 0.321. The van der Waals surface area contributed by atoms with Crippen LogP contribution in [0, 0.1) is 17.5 Å². The molecule has 13 heteroatoms. The highest BCUT2D eigenvalue weighted by Gasteiger charge is 2.54. The first-order valence-electron chi connectivity index (χ1n) is 13.9. The Morgan fingerprint density at radius 2 is 1.84 bits per heavy atom. The average molecular weight is 613 g/mol. The zero-order valence-corrected chi connectivity index (χ0v) is 23.5. The summed E-state index contributed by atoms with van der Waals surface area (Å²) >= 11 is 0. The smallest absolute Gasteiger partial charge is 0.275 e. The molecule has 4 atom stereocenters. The molecule has 3 aliphatic heterocycles. The van der Waals surface area contributed by atoms with E-state index in [0.717, 1.165) is 0 Å². The minimum atomic E-state index is -1.33. The van der Waals surface area contributed by atoms with E-state index in [1.54, 1.807) is 43.3 Å². The van der Waals surface area contributed by atoms with E-state index in [-0.39, 0.29) is 31.8 Å². The van der Waals surface area contributed by atoms with E-state index in [1.807, 2.05) is 0 Å². The molecule has 0 radical (unpaired) electrons. The van der Waals surface area contributed by atoms with Gasteiger partial charge < -0.3 is 19.9 Å². The summed E-state index contributed by atoms with van der Waals surface area (Å²) in [4.78, 5) is 47.5. The molecular formula is C31H28F4N4O5. The lowest BCUT2D eigenvalue weighted by Crippen LogP contribution is -2.53. The first kappa shape index (κ1) is 29.6. The molecule has 1 saturated heterocycles. The highest BCUT2D eigenvalue weighted by Crippen LogP contribution is 2.47. The van der Waals surface area contributed by atoms with Gasteiger partial charge in [-0.25, -0.2) is 17.6 Å². The van der Waals surface area contributed by atoms with Crippen molar-refractivity contribution in [2.24, 2.45) is 5.73 Å². The number of nitrogens with two attached hydrogens (primary N) is 1. The summed E-state index contributed by atoms with van der Waals surface area (Å²) in [6.45, 7) is 0.216. The molecule has 0 saturated carbocycles. The summed E-state index contributed by atoms with van der Waals surface area (Å²) in [5.74, 6) is -5.40. The molecule has 4 heterocycles. The summed E-state index contributed by atoms with van der Waals surface area (Å²) in [7, 11) is 0. The predicted molar refractivity (Wildman–Crippen MR) is 149 cm³/mol. The number of ether oxygens (including phenoxy) is 1. The van der Waals surface area contributed by atoms with Crippen LogP contribution in [0.5, 0.6) is 5.75 Å². The summed E-state index contributed by atoms with van der Waals surface area (Å²) < 4.78 is 64.4. The minimum absolute atomic E-state index is 0.0908. The summed E-state index contributed by atoms with van der Waals surface area (Å²) in [6.07, 6.45) is 4.47. The molecule has 2 amide bonds. The molecule has 3 aromatic rings. The zero-order chi connectivity index (χ0) is 31.3. The molecule has 3 aliphatic rings. The van der Waals surface area contributed by atoms with Crippen LogP contribution in [0.3, 0.4) is 0 Å². The zero-order valence-electron chi connectivity index (χ0n) is 23.5. The van der Waals surface area contributed by atoms with E-state index in [1.165, 1.54) is 26.8 Å². The number of alkyl halides is 1. The Balaban J connectivity index is 1.46. The maximum atomic E-state index is 14.6. The van der Waals surface area contributed by atoms with E-state index >= 15 is 0 Å². The van der Waals surface area contributed by atoms with Crippen LogP contribution in [0.25, 0.3) is 0 Å². The third kappa shape index (κ3) is 4.95. The predicted octanol–water partition coefficient (Wildman–Crippen LogP) is 3.81. The molecule has 1 fully saturated rings. The molecule has 9 nitrogen and oxygen atoms in total. The van der Waals surface area contributed by atoms with Gasteiger partial charge in [-0.2, -0.15) is 5.06 Å². The van der Waals surface area contributed by atoms with Crippen LogP contribution in [0.2, 0.25) is 0 Å². The first-order chi connectivity index (χ1) is 21.0. The van der Waals surface area contributed by atoms with Crippen molar-refractivity contribution >= 4 is 11.8 Å². The van der Waals surface area contributed by atoms with Crippen LogP contribution in [0.1, 0.15) is 51.4 Å². The molecule has 6 rings (SSSR count). The number of halogens is 4. The number of carbonyl (C=O) groups excluding carboxylic acids is 2. The molecule has 1 spiro atoms. The normalized spacial score (nSPS) is 24.4. The Labute approximate surface area is 249 Å². The summed E-state index contributed by atoms with van der Waals surface area (Å²) in [5.41, 5.74) is 2.98. The Bertz CT molecular complexity index is 1710. The summed E-state index contributed by atoms with van der Waals surface area (Å²) in [5, 5.41) is 1.34. The van der Waals surface area contributed by atoms with Gasteiger partial charge in [0.15, 0.2) is 11.4 Å². The van der Waals surface area contributed by atoms with E-state index in [4.69, 9.17) is 15.3 Å². The van der Waals surface area contributed by atoms with Crippen molar-refractivity contribution in [3.05, 3.63) is 111 Å². The van der Waals surface area contributed by atoms with Crippen LogP contribution in [0.4, 0.5) is 17.6 Å². The van der Waals surface area contributed by atoms with Crippen LogP contribution >= 0.6 is 0 Å². The SMILES string of the molecule is CC1C[C@]2(C=C[C@H](CF)N3C[C@H]2n2cc(C(N)=O)c(=O)c(OCc4ccccc4)c2C3=O)ON1Cc1c(F)cc(F)cc1F. The molecule has 230 valence electrons. The fourth-order valence-corrected chi connectivity index (χ4v) is 6.17. The lowest BCUT2D eigenvalue weighted by atomic mass is 9.86. The Morgan fingerprint density at radius 3 is 2.50 bits per heavy atom. The summed E-state index contributed by atoms with van der Waals surface area (Å²) in [6, 6.07) is 7.64. The molecular weight excluding hydrogens is 584 g/mol. The minimum Gasteiger partial charge on any atom is -0.483 e. The molecule has 1 unspecified atom stereocenters. The van der Waals surface area contributed by atoms with Crippen LogP contribution in [-0.2, 0) is 18.0 Å². The van der Waals surface area contributed by atoms with E-state index in [0.29, 0.717) is 17.7 Å². The molecule has 0 aliphatic carbocycles. The number of hydroxylamine groups is 2. The van der Waals surface area contributed by atoms with Crippen LogP contribution in [-0.4, -0.2) is 57.2 Å². The molecule has 1 aromatic heterocycles. The van der Waals surface area contributed by atoms with Crippen molar-refractivity contribution in [1.82, 2.24) is 14.5 Å². The number of hydrogen-bond donors (Lipinski definition) is 1. The van der Waals surface area contributed by atoms with Crippen molar-refractivity contribution in [1.29, 1.82) is 0 Å². The van der Waals surface area contributed by atoms with Gasteiger partial charge in [-0.15, -0.1) is 0 Å². The maximum absolute atomic E-state index is 14.6. The van der Waals surface area contributed by atoms with Gasteiger partial charge in [0.1, 0.15) is 41.9 Å². The Kier molecular flexibility index (Phi) is 7.54. The number of nitrogens with zero attached hydrogens (tertiary/aromatic N) is 3. The largest absolute Gasteiger partial charge is 0.483 e. The fraction of sp³-hybridized carbons (Fsp3) is 0.323. The lowest BCUT2D eigenvalue weighted by molar-refractivity contribution is -0.208. The molecule has 44 heavy (non-hydrogen) atoms. The van der Waals surface area contributed by atoms with E-state index in [2.05, 4.69) is 0 Å². The van der Waals surface area contributed by atoms with Crippen molar-refractivity contribution in [2.45, 2.75) is 50.2 Å². The van der Waals surface area contributed by atoms with Gasteiger partial charge in [-0.05, 0) is 12.5 Å². The standard InChI is InChI=1S/C31H28F4N4O5/c1-17-11-31(44-39(17)14-21-23(34)9-19(33)10-24(21)35)8-7-20(12-32)37-15-25(31)38-13-22(29(36)41)27(40)28(26(38)30(37)42)43-16-18-5-3-2-4-6-18/h2-10,13,17,20,25H,11-12,14-16H2,1H3,(H2,36,41)/t17?,20-,25-,31+/m1/s1. The van der Waals surface area contributed by atoms with Crippen molar-refractivity contribution < 1.29 is 36.7 Å². The number of aromatic nitrogens is 1. The van der Waals surface area contributed by atoms with Crippen molar-refractivity contribution in [3.8, 4) is 5.75 Å². The van der Waals surface area contributed by atoms with Crippen LogP contribution in [0.15, 0.2) is 65.6 Å². The van der Waals surface area contributed by atoms with Gasteiger partial charge in [0, 0.05) is 42.9 Å². The van der Waals surface area contributed by atoms with E-state index in [9.17, 15) is 31.9 Å². The number of benzene rings is 2. The second-order valence-corrected chi connectivity index (χ2v) is 11.2. The van der Waals surface area contributed by atoms with Gasteiger partial charge in [-0.1, -0.05) is 42.5 Å². The van der Waals surface area contributed by atoms with Gasteiger partial charge >= 0.3 is 0 Å². The second kappa shape index (κ2) is 11.2. The number of hydrogen-bond acceptors (Lipinski definition) is 6. The average Bonchev–Trinajstić information content (AvgIpc) is 3.23. The molecule has 2 aromatic carbocycles. The fourth-order valence-electron chi connectivity index (χ4n) is 6.17. The van der Waals surface area contributed by atoms with Gasteiger partial charge in [0.2, 0.25) is 5.43 Å². The highest BCUT2D eigenvalue weighted by molar-refractivity contribution is 5.99. The Morgan fingerprint density at radius 1 is 1.14 bits per heavy atom. The topological polar surface area (TPSA) is 107 Å². The number of amides is 2. The molecule has 2 N–H and O–H groups in total. The monoisotopic (exact) mass is 612 g/mol. The Hall–Kier alpha value is -4.49. The number of fused-ring (bicyclic) bond motifs is 5. The first-order valence-corrected chi connectivity index (χ1v) is 13.9. The number of rotatable bonds is 7. The maximum Gasteiger partial charge on any atom is 0.275 e. The number of carbonyl (C=O) groups is 2. The third-order valence-electron chi connectivity index (χ3n) is 8.39. The molecule has 2 bridgehead atoms. The highest BCUT2D eigenvalue weighted by atomic mass is 19.1. The number of primary amides is 1. The van der Waals surface area contributed by atoms with Crippen molar-refractivity contribution in [2.75, 3.05) is 13.2 Å². The van der Waals surface area contributed by atoms with Gasteiger partial charge in [-0.3, -0.25) is 19.2 Å². The third-order valence-corrected chi connectivity index (χ3v) is 8.39.